The molecule has 0 aliphatic rings. The van der Waals surface area contributed by atoms with Gasteiger partial charge in [0.25, 0.3) is 5.91 Å². The van der Waals surface area contributed by atoms with Gasteiger partial charge in [-0.15, -0.1) is 0 Å². The first-order valence-electron chi connectivity index (χ1n) is 6.03. The molecule has 0 saturated heterocycles. The normalized spacial score (nSPS) is 9.90. The first-order chi connectivity index (χ1) is 9.65. The Hall–Kier alpha value is -2.69. The summed E-state index contributed by atoms with van der Waals surface area (Å²) in [4.78, 5) is 12.3. The second kappa shape index (κ2) is 5.97. The molecule has 2 aromatic carbocycles. The summed E-state index contributed by atoms with van der Waals surface area (Å²) in [6.45, 7) is 0. The molecule has 0 aromatic heterocycles. The molecular weight excluding hydrogens is 256 g/mol. The predicted molar refractivity (Wildman–Crippen MR) is 78.4 cm³/mol. The maximum Gasteiger partial charge on any atom is 0.259 e. The van der Waals surface area contributed by atoms with Crippen LogP contribution in [0.4, 0.5) is 11.4 Å². The lowest BCUT2D eigenvalue weighted by molar-refractivity contribution is 0.102. The molecule has 5 nitrogen and oxygen atoms in total. The van der Waals surface area contributed by atoms with Crippen molar-refractivity contribution in [3.05, 3.63) is 48.0 Å². The molecule has 0 spiro atoms. The molecule has 0 fully saturated rings. The molecule has 5 heteroatoms. The number of carbonyl (C=O) groups excluding carboxylic acids is 1. The molecular formula is C15H16N2O3. The van der Waals surface area contributed by atoms with Crippen molar-refractivity contribution in [2.24, 2.45) is 0 Å². The van der Waals surface area contributed by atoms with Crippen LogP contribution in [0.25, 0.3) is 0 Å². The first-order valence-corrected chi connectivity index (χ1v) is 6.03. The summed E-state index contributed by atoms with van der Waals surface area (Å²) in [7, 11) is 3.03. The zero-order valence-corrected chi connectivity index (χ0v) is 11.3. The Morgan fingerprint density at radius 1 is 1.05 bits per heavy atom. The molecule has 1 amide bonds. The Morgan fingerprint density at radius 3 is 2.35 bits per heavy atom. The van der Waals surface area contributed by atoms with Gasteiger partial charge in [-0.1, -0.05) is 6.07 Å². The van der Waals surface area contributed by atoms with E-state index in [1.807, 2.05) is 0 Å². The van der Waals surface area contributed by atoms with Crippen LogP contribution in [-0.4, -0.2) is 20.1 Å². The Morgan fingerprint density at radius 2 is 1.75 bits per heavy atom. The molecule has 0 radical (unpaired) electrons. The average Bonchev–Trinajstić information content (AvgIpc) is 2.48. The van der Waals surface area contributed by atoms with E-state index in [1.165, 1.54) is 14.2 Å². The zero-order valence-electron chi connectivity index (χ0n) is 11.3. The van der Waals surface area contributed by atoms with Crippen molar-refractivity contribution in [3.8, 4) is 11.5 Å². The minimum Gasteiger partial charge on any atom is -0.493 e. The molecule has 0 heterocycles. The van der Waals surface area contributed by atoms with E-state index in [0.717, 1.165) is 0 Å². The van der Waals surface area contributed by atoms with E-state index in [4.69, 9.17) is 15.2 Å². The topological polar surface area (TPSA) is 73.6 Å². The number of carbonyl (C=O) groups is 1. The Balaban J connectivity index is 2.27. The highest BCUT2D eigenvalue weighted by Gasteiger charge is 2.16. The summed E-state index contributed by atoms with van der Waals surface area (Å²) in [6.07, 6.45) is 0. The number of nitrogen functional groups attached to an aromatic ring is 1. The van der Waals surface area contributed by atoms with E-state index in [1.54, 1.807) is 42.5 Å². The molecule has 0 saturated carbocycles. The summed E-state index contributed by atoms with van der Waals surface area (Å²) in [5.41, 5.74) is 7.31. The van der Waals surface area contributed by atoms with Gasteiger partial charge in [0.05, 0.1) is 19.8 Å². The monoisotopic (exact) mass is 272 g/mol. The van der Waals surface area contributed by atoms with Gasteiger partial charge in [0.1, 0.15) is 0 Å². The van der Waals surface area contributed by atoms with Crippen LogP contribution in [0.3, 0.4) is 0 Å². The molecule has 0 atom stereocenters. The van der Waals surface area contributed by atoms with Crippen LogP contribution in [-0.2, 0) is 0 Å². The van der Waals surface area contributed by atoms with E-state index in [9.17, 15) is 4.79 Å². The molecule has 2 rings (SSSR count). The number of nitrogens with two attached hydrogens (primary N) is 1. The Labute approximate surface area is 117 Å². The maximum absolute atomic E-state index is 12.3. The fourth-order valence-corrected chi connectivity index (χ4v) is 1.83. The van der Waals surface area contributed by atoms with Gasteiger partial charge in [0.2, 0.25) is 0 Å². The number of rotatable bonds is 4. The highest BCUT2D eigenvalue weighted by atomic mass is 16.5. The number of hydrogen-bond acceptors (Lipinski definition) is 4. The van der Waals surface area contributed by atoms with Gasteiger partial charge in [0, 0.05) is 11.4 Å². The molecule has 20 heavy (non-hydrogen) atoms. The number of ether oxygens (including phenoxy) is 2. The number of hydrogen-bond donors (Lipinski definition) is 2. The van der Waals surface area contributed by atoms with Crippen molar-refractivity contribution in [2.45, 2.75) is 0 Å². The third-order valence-electron chi connectivity index (χ3n) is 2.82. The summed E-state index contributed by atoms with van der Waals surface area (Å²) in [6, 6.07) is 12.1. The van der Waals surface area contributed by atoms with Crippen molar-refractivity contribution < 1.29 is 14.3 Å². The number of methoxy groups -OCH3 is 2. The van der Waals surface area contributed by atoms with E-state index in [2.05, 4.69) is 5.32 Å². The van der Waals surface area contributed by atoms with Gasteiger partial charge in [-0.2, -0.15) is 0 Å². The van der Waals surface area contributed by atoms with Crippen molar-refractivity contribution in [1.82, 2.24) is 0 Å². The van der Waals surface area contributed by atoms with Gasteiger partial charge >= 0.3 is 0 Å². The lowest BCUT2D eigenvalue weighted by Gasteiger charge is -2.12. The van der Waals surface area contributed by atoms with Crippen molar-refractivity contribution in [2.75, 3.05) is 25.3 Å². The second-order valence-corrected chi connectivity index (χ2v) is 4.12. The summed E-state index contributed by atoms with van der Waals surface area (Å²) in [5.74, 6) is 0.644. The summed E-state index contributed by atoms with van der Waals surface area (Å²) >= 11 is 0. The predicted octanol–water partition coefficient (Wildman–Crippen LogP) is 2.54. The Bertz CT molecular complexity index is 609. The van der Waals surface area contributed by atoms with Crippen molar-refractivity contribution >= 4 is 17.3 Å². The minimum atomic E-state index is -0.273. The lowest BCUT2D eigenvalue weighted by atomic mass is 10.1. The number of anilines is 2. The summed E-state index contributed by atoms with van der Waals surface area (Å²) in [5, 5.41) is 2.78. The fraction of sp³-hybridized carbons (Fsp3) is 0.133. The largest absolute Gasteiger partial charge is 0.493 e. The van der Waals surface area contributed by atoms with E-state index >= 15 is 0 Å². The van der Waals surface area contributed by atoms with E-state index in [-0.39, 0.29) is 5.91 Å². The molecule has 0 unspecified atom stereocenters. The van der Waals surface area contributed by atoms with Gasteiger partial charge < -0.3 is 20.5 Å². The van der Waals surface area contributed by atoms with Gasteiger partial charge in [-0.3, -0.25) is 4.79 Å². The zero-order chi connectivity index (χ0) is 14.5. The maximum atomic E-state index is 12.3. The van der Waals surface area contributed by atoms with Crippen LogP contribution >= 0.6 is 0 Å². The first kappa shape index (κ1) is 13.7. The standard InChI is InChI=1S/C15H16N2O3/c1-19-13-5-3-4-12(14(13)20-2)15(18)17-11-8-6-10(16)7-9-11/h3-9H,16H2,1-2H3,(H,17,18). The summed E-state index contributed by atoms with van der Waals surface area (Å²) < 4.78 is 10.4. The van der Waals surface area contributed by atoms with Crippen molar-refractivity contribution in [1.29, 1.82) is 0 Å². The quantitative estimate of drug-likeness (QED) is 0.839. The number of nitrogens with one attached hydrogen (secondary N) is 1. The SMILES string of the molecule is COc1cccc(C(=O)Nc2ccc(N)cc2)c1OC. The molecule has 3 N–H and O–H groups in total. The molecule has 0 aliphatic carbocycles. The van der Waals surface area contributed by atoms with E-state index in [0.29, 0.717) is 28.4 Å². The lowest BCUT2D eigenvalue weighted by Crippen LogP contribution is -2.13. The van der Waals surface area contributed by atoms with E-state index < -0.39 is 0 Å². The minimum absolute atomic E-state index is 0.273. The fourth-order valence-electron chi connectivity index (χ4n) is 1.83. The number of amides is 1. The Kier molecular flexibility index (Phi) is 4.10. The molecule has 0 aliphatic heterocycles. The molecule has 104 valence electrons. The average molecular weight is 272 g/mol. The van der Waals surface area contributed by atoms with Crippen molar-refractivity contribution in [3.63, 3.8) is 0 Å². The molecule has 2 aromatic rings. The van der Waals surface area contributed by atoms with Crippen LogP contribution in [0.2, 0.25) is 0 Å². The molecule has 0 bridgehead atoms. The number of para-hydroxylation sites is 1. The van der Waals surface area contributed by atoms with Crippen LogP contribution in [0.1, 0.15) is 10.4 Å². The highest BCUT2D eigenvalue weighted by molar-refractivity contribution is 6.06. The third kappa shape index (κ3) is 2.83. The second-order valence-electron chi connectivity index (χ2n) is 4.12. The third-order valence-corrected chi connectivity index (χ3v) is 2.82. The van der Waals surface area contributed by atoms with Crippen LogP contribution < -0.4 is 20.5 Å². The van der Waals surface area contributed by atoms with Gasteiger partial charge in [-0.25, -0.2) is 0 Å². The highest BCUT2D eigenvalue weighted by Crippen LogP contribution is 2.31. The number of benzene rings is 2. The van der Waals surface area contributed by atoms with Crippen LogP contribution in [0.15, 0.2) is 42.5 Å². The van der Waals surface area contributed by atoms with Gasteiger partial charge in [-0.05, 0) is 36.4 Å². The van der Waals surface area contributed by atoms with Crippen LogP contribution in [0, 0.1) is 0 Å². The van der Waals surface area contributed by atoms with Crippen LogP contribution in [0.5, 0.6) is 11.5 Å². The smallest absolute Gasteiger partial charge is 0.259 e. The van der Waals surface area contributed by atoms with Gasteiger partial charge in [0.15, 0.2) is 11.5 Å².